The Kier molecular flexibility index (Phi) is 6.08. The number of benzene rings is 2. The van der Waals surface area contributed by atoms with Crippen molar-refractivity contribution in [2.24, 2.45) is 0 Å². The fourth-order valence-corrected chi connectivity index (χ4v) is 2.60. The zero-order valence-electron chi connectivity index (χ0n) is 15.0. The second kappa shape index (κ2) is 8.87. The van der Waals surface area contributed by atoms with Gasteiger partial charge in [-0.25, -0.2) is 18.6 Å². The average molecular weight is 399 g/mol. The van der Waals surface area contributed by atoms with E-state index in [-0.39, 0.29) is 23.7 Å². The molecule has 0 saturated heterocycles. The summed E-state index contributed by atoms with van der Waals surface area (Å²) in [7, 11) is 0. The number of aldehydes is 1. The van der Waals surface area contributed by atoms with Gasteiger partial charge in [-0.1, -0.05) is 30.3 Å². The number of anilines is 1. The van der Waals surface area contributed by atoms with Crippen LogP contribution in [0.4, 0.5) is 19.3 Å². The van der Waals surface area contributed by atoms with Gasteiger partial charge in [-0.3, -0.25) is 14.7 Å². The Bertz CT molecular complexity index is 1080. The average Bonchev–Trinajstić information content (AvgIpc) is 2.69. The molecule has 0 fully saturated rings. The van der Waals surface area contributed by atoms with Gasteiger partial charge >= 0.3 is 6.09 Å². The molecule has 0 spiro atoms. The minimum atomic E-state index is -0.894. The van der Waals surface area contributed by atoms with Crippen LogP contribution in [0, 0.1) is 11.6 Å². The first kappa shape index (κ1) is 19.9. The zero-order chi connectivity index (χ0) is 20.8. The second-order valence-corrected chi connectivity index (χ2v) is 5.92. The molecule has 0 aliphatic heterocycles. The number of ether oxygens (including phenoxy) is 1. The van der Waals surface area contributed by atoms with Crippen LogP contribution in [0.2, 0.25) is 0 Å². The molecule has 3 aromatic rings. The molecular weight excluding hydrogens is 384 g/mol. The summed E-state index contributed by atoms with van der Waals surface area (Å²) in [6.07, 6.45) is 0.570. The molecule has 0 aliphatic rings. The van der Waals surface area contributed by atoms with E-state index >= 15 is 0 Å². The van der Waals surface area contributed by atoms with Crippen LogP contribution in [0.1, 0.15) is 5.56 Å². The van der Waals surface area contributed by atoms with Crippen LogP contribution < -0.4 is 10.9 Å². The van der Waals surface area contributed by atoms with E-state index in [4.69, 9.17) is 4.74 Å². The third-order valence-corrected chi connectivity index (χ3v) is 3.87. The van der Waals surface area contributed by atoms with Crippen molar-refractivity contribution in [1.29, 1.82) is 0 Å². The molecule has 0 unspecified atom stereocenters. The summed E-state index contributed by atoms with van der Waals surface area (Å²) < 4.78 is 33.0. The van der Waals surface area contributed by atoms with Crippen molar-refractivity contribution in [1.82, 2.24) is 9.55 Å². The second-order valence-electron chi connectivity index (χ2n) is 5.92. The van der Waals surface area contributed by atoms with Crippen molar-refractivity contribution in [2.75, 3.05) is 5.32 Å². The van der Waals surface area contributed by atoms with Crippen LogP contribution in [-0.4, -0.2) is 21.9 Å². The van der Waals surface area contributed by atoms with Gasteiger partial charge in [-0.15, -0.1) is 0 Å². The van der Waals surface area contributed by atoms with Crippen LogP contribution in [0.3, 0.4) is 0 Å². The summed E-state index contributed by atoms with van der Waals surface area (Å²) in [5.74, 6) is -1.85. The summed E-state index contributed by atoms with van der Waals surface area (Å²) in [6.45, 7) is -0.433. The predicted molar refractivity (Wildman–Crippen MR) is 100 cm³/mol. The molecule has 0 saturated carbocycles. The number of nitrogens with one attached hydrogen (secondary N) is 1. The highest BCUT2D eigenvalue weighted by Crippen LogP contribution is 2.19. The standard InChI is InChI=1S/C20H15F2N3O4/c21-15-8-14(9-16(22)10-15)18-23-11-17(19(27)25(18)6-7-26)24-20(28)29-12-13-4-2-1-3-5-13/h1-5,7-11H,6,12H2,(H,24,28). The molecule has 0 atom stereocenters. The minimum absolute atomic E-state index is 0.0106. The van der Waals surface area contributed by atoms with E-state index in [0.29, 0.717) is 12.4 Å². The summed E-state index contributed by atoms with van der Waals surface area (Å²) in [5, 5.41) is 2.26. The quantitative estimate of drug-likeness (QED) is 0.643. The van der Waals surface area contributed by atoms with Crippen molar-refractivity contribution in [3.05, 3.63) is 82.3 Å². The number of nitrogens with zero attached hydrogens (tertiary/aromatic N) is 2. The van der Waals surface area contributed by atoms with Crippen molar-refractivity contribution in [2.45, 2.75) is 13.2 Å². The van der Waals surface area contributed by atoms with Crippen molar-refractivity contribution >= 4 is 18.1 Å². The Morgan fingerprint density at radius 3 is 2.48 bits per heavy atom. The molecule has 0 aliphatic carbocycles. The van der Waals surface area contributed by atoms with E-state index in [2.05, 4.69) is 10.3 Å². The first-order valence-electron chi connectivity index (χ1n) is 8.45. The van der Waals surface area contributed by atoms with E-state index in [9.17, 15) is 23.2 Å². The lowest BCUT2D eigenvalue weighted by atomic mass is 10.2. The number of aromatic nitrogens is 2. The van der Waals surface area contributed by atoms with Gasteiger partial charge in [-0.05, 0) is 17.7 Å². The number of amides is 1. The highest BCUT2D eigenvalue weighted by molar-refractivity contribution is 5.84. The number of carbonyl (C=O) groups excluding carboxylic acids is 2. The third-order valence-electron chi connectivity index (χ3n) is 3.87. The summed E-state index contributed by atoms with van der Waals surface area (Å²) in [4.78, 5) is 39.6. The molecule has 1 amide bonds. The highest BCUT2D eigenvalue weighted by atomic mass is 19.1. The van der Waals surface area contributed by atoms with Gasteiger partial charge in [0.15, 0.2) is 0 Å². The normalized spacial score (nSPS) is 10.4. The smallest absolute Gasteiger partial charge is 0.412 e. The molecule has 0 radical (unpaired) electrons. The van der Waals surface area contributed by atoms with Crippen LogP contribution in [0.15, 0.2) is 59.5 Å². The molecule has 29 heavy (non-hydrogen) atoms. The van der Waals surface area contributed by atoms with Crippen LogP contribution in [-0.2, 0) is 22.7 Å². The maximum absolute atomic E-state index is 13.5. The molecule has 7 nitrogen and oxygen atoms in total. The third kappa shape index (κ3) is 4.89. The Morgan fingerprint density at radius 2 is 1.83 bits per heavy atom. The van der Waals surface area contributed by atoms with Crippen LogP contribution >= 0.6 is 0 Å². The van der Waals surface area contributed by atoms with Gasteiger partial charge in [0.2, 0.25) is 0 Å². The topological polar surface area (TPSA) is 90.3 Å². The molecule has 1 aromatic heterocycles. The van der Waals surface area contributed by atoms with Crippen molar-refractivity contribution in [3.63, 3.8) is 0 Å². The number of hydrogen-bond donors (Lipinski definition) is 1. The SMILES string of the molecule is O=CCn1c(-c2cc(F)cc(F)c2)ncc(NC(=O)OCc2ccccc2)c1=O. The lowest BCUT2D eigenvalue weighted by Gasteiger charge is -2.12. The molecule has 1 heterocycles. The lowest BCUT2D eigenvalue weighted by molar-refractivity contribution is -0.108. The van der Waals surface area contributed by atoms with Gasteiger partial charge in [0.1, 0.15) is 36.0 Å². The lowest BCUT2D eigenvalue weighted by Crippen LogP contribution is -2.28. The number of hydrogen-bond acceptors (Lipinski definition) is 5. The first-order valence-corrected chi connectivity index (χ1v) is 8.45. The van der Waals surface area contributed by atoms with Gasteiger partial charge in [0.05, 0.1) is 12.7 Å². The monoisotopic (exact) mass is 399 g/mol. The highest BCUT2D eigenvalue weighted by Gasteiger charge is 2.16. The van der Waals surface area contributed by atoms with Crippen molar-refractivity contribution < 1.29 is 23.1 Å². The fourth-order valence-electron chi connectivity index (χ4n) is 2.60. The predicted octanol–water partition coefficient (Wildman–Crippen LogP) is 3.14. The van der Waals surface area contributed by atoms with E-state index in [1.165, 1.54) is 0 Å². The first-order chi connectivity index (χ1) is 14.0. The number of rotatable bonds is 6. The van der Waals surface area contributed by atoms with Gasteiger partial charge in [0, 0.05) is 11.6 Å². The number of carbonyl (C=O) groups is 2. The Balaban J connectivity index is 1.85. The van der Waals surface area contributed by atoms with Crippen LogP contribution in [0.5, 0.6) is 0 Å². The minimum Gasteiger partial charge on any atom is -0.444 e. The molecule has 0 bridgehead atoms. The Morgan fingerprint density at radius 1 is 1.14 bits per heavy atom. The summed E-state index contributed by atoms with van der Waals surface area (Å²) in [6, 6.07) is 11.5. The van der Waals surface area contributed by atoms with E-state index < -0.39 is 29.8 Å². The Hall–Kier alpha value is -3.88. The number of halogens is 2. The molecule has 1 N–H and O–H groups in total. The summed E-state index contributed by atoms with van der Waals surface area (Å²) in [5.41, 5.74) is -0.295. The van der Waals surface area contributed by atoms with E-state index in [1.807, 2.05) is 6.07 Å². The van der Waals surface area contributed by atoms with Crippen molar-refractivity contribution in [3.8, 4) is 11.4 Å². The van der Waals surface area contributed by atoms with Gasteiger partial charge in [0.25, 0.3) is 5.56 Å². The maximum atomic E-state index is 13.5. The molecule has 148 valence electrons. The maximum Gasteiger partial charge on any atom is 0.412 e. The largest absolute Gasteiger partial charge is 0.444 e. The van der Waals surface area contributed by atoms with Crippen LogP contribution in [0.25, 0.3) is 11.4 Å². The van der Waals surface area contributed by atoms with Gasteiger partial charge in [-0.2, -0.15) is 0 Å². The summed E-state index contributed by atoms with van der Waals surface area (Å²) >= 11 is 0. The molecular formula is C20H15F2N3O4. The molecule has 9 heteroatoms. The fraction of sp³-hybridized carbons (Fsp3) is 0.100. The van der Waals surface area contributed by atoms with E-state index in [0.717, 1.165) is 28.5 Å². The molecule has 2 aromatic carbocycles. The zero-order valence-corrected chi connectivity index (χ0v) is 15.0. The Labute approximate surface area is 163 Å². The van der Waals surface area contributed by atoms with E-state index in [1.54, 1.807) is 24.3 Å². The van der Waals surface area contributed by atoms with Gasteiger partial charge < -0.3 is 9.53 Å². The molecule has 3 rings (SSSR count).